The number of rotatable bonds is 7. The molecule has 4 nitrogen and oxygen atoms in total. The molecule has 1 aromatic rings. The van der Waals surface area contributed by atoms with Crippen LogP contribution in [-0.4, -0.2) is 41.9 Å². The summed E-state index contributed by atoms with van der Waals surface area (Å²) in [5, 5.41) is 0. The highest BCUT2D eigenvalue weighted by atomic mass is 35.5. The standard InChI is InChI=1S/C14H21ClN2O2S/c15-9-3-6-14-7-4-11-17(14)20(18,19)12-8-13-5-1-2-10-16-13/h1-2,5,10,14H,3-4,6-9,11-12H2. The van der Waals surface area contributed by atoms with Crippen molar-refractivity contribution in [3.8, 4) is 0 Å². The van der Waals surface area contributed by atoms with Gasteiger partial charge in [-0.2, -0.15) is 4.31 Å². The Morgan fingerprint density at radius 1 is 1.40 bits per heavy atom. The summed E-state index contributed by atoms with van der Waals surface area (Å²) < 4.78 is 26.6. The molecule has 1 aromatic heterocycles. The topological polar surface area (TPSA) is 50.3 Å². The average molecular weight is 317 g/mol. The summed E-state index contributed by atoms with van der Waals surface area (Å²) in [5.41, 5.74) is 0.826. The van der Waals surface area contributed by atoms with Gasteiger partial charge in [-0.1, -0.05) is 6.07 Å². The second-order valence-corrected chi connectivity index (χ2v) is 7.54. The van der Waals surface area contributed by atoms with Crippen molar-refractivity contribution in [2.75, 3.05) is 18.2 Å². The van der Waals surface area contributed by atoms with Crippen LogP contribution in [0.15, 0.2) is 24.4 Å². The summed E-state index contributed by atoms with van der Waals surface area (Å²) in [4.78, 5) is 4.18. The maximum atomic E-state index is 12.4. The number of aryl methyl sites for hydroxylation is 1. The van der Waals surface area contributed by atoms with E-state index in [1.165, 1.54) is 0 Å². The zero-order chi connectivity index (χ0) is 14.4. The minimum absolute atomic E-state index is 0.140. The maximum Gasteiger partial charge on any atom is 0.214 e. The fraction of sp³-hybridized carbons (Fsp3) is 0.643. The van der Waals surface area contributed by atoms with E-state index in [2.05, 4.69) is 4.98 Å². The number of halogens is 1. The molecule has 2 rings (SSSR count). The molecule has 0 bridgehead atoms. The van der Waals surface area contributed by atoms with Crippen molar-refractivity contribution in [3.63, 3.8) is 0 Å². The Kier molecular flexibility index (Phi) is 5.81. The number of nitrogens with zero attached hydrogens (tertiary/aromatic N) is 2. The third kappa shape index (κ3) is 4.17. The van der Waals surface area contributed by atoms with E-state index in [-0.39, 0.29) is 11.8 Å². The van der Waals surface area contributed by atoms with E-state index in [4.69, 9.17) is 11.6 Å². The second kappa shape index (κ2) is 7.38. The monoisotopic (exact) mass is 316 g/mol. The molecule has 1 atom stereocenters. The third-order valence-corrected chi connectivity index (χ3v) is 5.88. The van der Waals surface area contributed by atoms with Crippen molar-refractivity contribution in [1.82, 2.24) is 9.29 Å². The predicted molar refractivity (Wildman–Crippen MR) is 81.4 cm³/mol. The number of hydrogen-bond acceptors (Lipinski definition) is 3. The lowest BCUT2D eigenvalue weighted by atomic mass is 10.1. The molecule has 20 heavy (non-hydrogen) atoms. The Morgan fingerprint density at radius 2 is 2.25 bits per heavy atom. The first-order valence-corrected chi connectivity index (χ1v) is 9.23. The van der Waals surface area contributed by atoms with Crippen molar-refractivity contribution in [1.29, 1.82) is 0 Å². The first-order valence-electron chi connectivity index (χ1n) is 7.09. The van der Waals surface area contributed by atoms with Crippen molar-refractivity contribution < 1.29 is 8.42 Å². The molecule has 1 aliphatic rings. The summed E-state index contributed by atoms with van der Waals surface area (Å²) in [6, 6.07) is 5.72. The van der Waals surface area contributed by atoms with Crippen LogP contribution in [0.25, 0.3) is 0 Å². The van der Waals surface area contributed by atoms with Gasteiger partial charge < -0.3 is 0 Å². The molecule has 2 heterocycles. The minimum Gasteiger partial charge on any atom is -0.261 e. The van der Waals surface area contributed by atoms with Crippen LogP contribution in [0.5, 0.6) is 0 Å². The van der Waals surface area contributed by atoms with Crippen molar-refractivity contribution in [2.24, 2.45) is 0 Å². The number of aromatic nitrogens is 1. The maximum absolute atomic E-state index is 12.4. The Hall–Kier alpha value is -0.650. The van der Waals surface area contributed by atoms with Gasteiger partial charge in [-0.05, 0) is 37.8 Å². The highest BCUT2D eigenvalue weighted by Gasteiger charge is 2.33. The van der Waals surface area contributed by atoms with Crippen LogP contribution in [0.1, 0.15) is 31.4 Å². The summed E-state index contributed by atoms with van der Waals surface area (Å²) in [6.45, 7) is 0.650. The Balaban J connectivity index is 1.95. The molecular formula is C14H21ClN2O2S. The molecule has 0 radical (unpaired) electrons. The van der Waals surface area contributed by atoms with E-state index >= 15 is 0 Å². The fourth-order valence-corrected chi connectivity index (χ4v) is 4.60. The van der Waals surface area contributed by atoms with Crippen LogP contribution in [0, 0.1) is 0 Å². The zero-order valence-electron chi connectivity index (χ0n) is 11.5. The molecule has 1 aliphatic heterocycles. The largest absolute Gasteiger partial charge is 0.261 e. The van der Waals surface area contributed by atoms with E-state index in [9.17, 15) is 8.42 Å². The molecule has 0 saturated carbocycles. The van der Waals surface area contributed by atoms with Gasteiger partial charge >= 0.3 is 0 Å². The van der Waals surface area contributed by atoms with Crippen LogP contribution in [0.3, 0.4) is 0 Å². The van der Waals surface area contributed by atoms with Crippen LogP contribution in [-0.2, 0) is 16.4 Å². The quantitative estimate of drug-likeness (QED) is 0.726. The molecule has 6 heteroatoms. The summed E-state index contributed by atoms with van der Waals surface area (Å²) in [7, 11) is -3.19. The van der Waals surface area contributed by atoms with E-state index in [1.54, 1.807) is 10.5 Å². The highest BCUT2D eigenvalue weighted by molar-refractivity contribution is 7.89. The van der Waals surface area contributed by atoms with Gasteiger partial charge in [0.25, 0.3) is 0 Å². The molecular weight excluding hydrogens is 296 g/mol. The number of sulfonamides is 1. The highest BCUT2D eigenvalue weighted by Crippen LogP contribution is 2.25. The number of hydrogen-bond donors (Lipinski definition) is 0. The Morgan fingerprint density at radius 3 is 2.95 bits per heavy atom. The summed E-state index contributed by atoms with van der Waals surface area (Å²) in [5.74, 6) is 0.736. The Bertz CT molecular complexity index is 507. The lowest BCUT2D eigenvalue weighted by molar-refractivity contribution is 0.368. The third-order valence-electron chi connectivity index (χ3n) is 3.69. The second-order valence-electron chi connectivity index (χ2n) is 5.13. The van der Waals surface area contributed by atoms with Gasteiger partial charge in [-0.15, -0.1) is 11.6 Å². The normalized spacial score (nSPS) is 20.4. The number of pyridine rings is 1. The van der Waals surface area contributed by atoms with Gasteiger partial charge in [-0.3, -0.25) is 4.98 Å². The van der Waals surface area contributed by atoms with Gasteiger partial charge in [0.1, 0.15) is 0 Å². The van der Waals surface area contributed by atoms with Crippen LogP contribution in [0.4, 0.5) is 0 Å². The lowest BCUT2D eigenvalue weighted by Crippen LogP contribution is -2.37. The molecule has 1 unspecified atom stereocenters. The van der Waals surface area contributed by atoms with E-state index in [0.717, 1.165) is 31.4 Å². The minimum atomic E-state index is -3.19. The predicted octanol–water partition coefficient (Wildman–Crippen LogP) is 2.44. The first-order chi connectivity index (χ1) is 9.63. The zero-order valence-corrected chi connectivity index (χ0v) is 13.1. The van der Waals surface area contributed by atoms with Crippen molar-refractivity contribution >= 4 is 21.6 Å². The molecule has 0 amide bonds. The van der Waals surface area contributed by atoms with E-state index in [1.807, 2.05) is 18.2 Å². The van der Waals surface area contributed by atoms with Crippen LogP contribution < -0.4 is 0 Å². The van der Waals surface area contributed by atoms with E-state index in [0.29, 0.717) is 18.8 Å². The molecule has 0 spiro atoms. The summed E-state index contributed by atoms with van der Waals surface area (Å²) >= 11 is 5.71. The average Bonchev–Trinajstić information content (AvgIpc) is 2.93. The smallest absolute Gasteiger partial charge is 0.214 e. The van der Waals surface area contributed by atoms with Gasteiger partial charge in [0.05, 0.1) is 5.75 Å². The molecule has 0 aliphatic carbocycles. The molecule has 0 aromatic carbocycles. The van der Waals surface area contributed by atoms with Crippen LogP contribution in [0.2, 0.25) is 0 Å². The fourth-order valence-electron chi connectivity index (χ4n) is 2.67. The van der Waals surface area contributed by atoms with Gasteiger partial charge in [0, 0.05) is 36.8 Å². The molecule has 0 N–H and O–H groups in total. The van der Waals surface area contributed by atoms with Crippen LogP contribution >= 0.6 is 11.6 Å². The van der Waals surface area contributed by atoms with Crippen molar-refractivity contribution in [3.05, 3.63) is 30.1 Å². The van der Waals surface area contributed by atoms with Gasteiger partial charge in [0.2, 0.25) is 10.0 Å². The number of alkyl halides is 1. The summed E-state index contributed by atoms with van der Waals surface area (Å²) in [6.07, 6.45) is 5.82. The molecule has 112 valence electrons. The van der Waals surface area contributed by atoms with E-state index < -0.39 is 10.0 Å². The van der Waals surface area contributed by atoms with Gasteiger partial charge in [-0.25, -0.2) is 8.42 Å². The molecule has 1 saturated heterocycles. The van der Waals surface area contributed by atoms with Crippen molar-refractivity contribution in [2.45, 2.75) is 38.1 Å². The lowest BCUT2D eigenvalue weighted by Gasteiger charge is -2.23. The molecule has 1 fully saturated rings. The first kappa shape index (κ1) is 15.7. The Labute approximate surface area is 126 Å². The van der Waals surface area contributed by atoms with Gasteiger partial charge in [0.15, 0.2) is 0 Å². The SMILES string of the molecule is O=S(=O)(CCc1ccccn1)N1CCCC1CCCCl.